The second kappa shape index (κ2) is 4.45. The topological polar surface area (TPSA) is 46.3 Å². The number of halogens is 1. The van der Waals surface area contributed by atoms with Crippen LogP contribution in [-0.4, -0.2) is 19.0 Å². The molecule has 17 heavy (non-hydrogen) atoms. The fraction of sp³-hybridized carbons (Fsp3) is 0.462. The van der Waals surface area contributed by atoms with Gasteiger partial charge in [0.15, 0.2) is 0 Å². The van der Waals surface area contributed by atoms with E-state index in [4.69, 9.17) is 5.73 Å². The summed E-state index contributed by atoms with van der Waals surface area (Å²) >= 11 is 0. The van der Waals surface area contributed by atoms with Gasteiger partial charge in [-0.1, -0.05) is 12.1 Å². The molecule has 3 nitrogen and oxygen atoms in total. The van der Waals surface area contributed by atoms with Crippen LogP contribution >= 0.6 is 0 Å². The van der Waals surface area contributed by atoms with Crippen LogP contribution in [0.4, 0.5) is 10.1 Å². The largest absolute Gasteiger partial charge is 0.329 e. The highest BCUT2D eigenvalue weighted by Gasteiger charge is 2.50. The molecule has 0 heterocycles. The lowest BCUT2D eigenvalue weighted by molar-refractivity contribution is -0.123. The van der Waals surface area contributed by atoms with Gasteiger partial charge in [-0.25, -0.2) is 4.39 Å². The van der Waals surface area contributed by atoms with E-state index >= 15 is 0 Å². The van der Waals surface area contributed by atoms with Gasteiger partial charge in [-0.2, -0.15) is 0 Å². The fourth-order valence-corrected chi connectivity index (χ4v) is 2.04. The highest BCUT2D eigenvalue weighted by atomic mass is 19.1. The highest BCUT2D eigenvalue weighted by molar-refractivity contribution is 5.99. The van der Waals surface area contributed by atoms with Gasteiger partial charge in [0.05, 0.1) is 11.1 Å². The van der Waals surface area contributed by atoms with Crippen LogP contribution in [0.15, 0.2) is 24.3 Å². The molecule has 0 spiro atoms. The Morgan fingerprint density at radius 3 is 2.59 bits per heavy atom. The Hall–Kier alpha value is -1.42. The molecule has 92 valence electrons. The minimum Gasteiger partial charge on any atom is -0.329 e. The molecule has 0 radical (unpaired) electrons. The van der Waals surface area contributed by atoms with Crippen LogP contribution < -0.4 is 10.6 Å². The maximum absolute atomic E-state index is 13.7. The van der Waals surface area contributed by atoms with Crippen molar-refractivity contribution in [3.8, 4) is 0 Å². The summed E-state index contributed by atoms with van der Waals surface area (Å²) in [5.41, 5.74) is 5.55. The number of para-hydroxylation sites is 1. The molecular formula is C13H17FN2O. The van der Waals surface area contributed by atoms with Crippen LogP contribution in [0.5, 0.6) is 0 Å². The van der Waals surface area contributed by atoms with E-state index in [1.54, 1.807) is 18.2 Å². The normalized spacial score (nSPS) is 16.6. The first-order valence-electron chi connectivity index (χ1n) is 5.91. The predicted octanol–water partition coefficient (Wildman–Crippen LogP) is 1.92. The van der Waals surface area contributed by atoms with Crippen molar-refractivity contribution in [1.82, 2.24) is 0 Å². The number of amides is 1. The van der Waals surface area contributed by atoms with Crippen LogP contribution in [0, 0.1) is 11.2 Å². The van der Waals surface area contributed by atoms with E-state index in [1.807, 2.05) is 6.92 Å². The third-order valence-corrected chi connectivity index (χ3v) is 3.40. The molecule has 0 aliphatic heterocycles. The molecule has 0 aromatic heterocycles. The smallest absolute Gasteiger partial charge is 0.234 e. The van der Waals surface area contributed by atoms with Crippen molar-refractivity contribution < 1.29 is 9.18 Å². The van der Waals surface area contributed by atoms with Crippen LogP contribution in [0.2, 0.25) is 0 Å². The van der Waals surface area contributed by atoms with E-state index in [0.717, 1.165) is 12.8 Å². The number of rotatable bonds is 4. The van der Waals surface area contributed by atoms with Gasteiger partial charge >= 0.3 is 0 Å². The number of nitrogens with two attached hydrogens (primary N) is 1. The minimum absolute atomic E-state index is 0.0485. The molecule has 0 unspecified atom stereocenters. The van der Waals surface area contributed by atoms with Crippen LogP contribution in [0.25, 0.3) is 0 Å². The summed E-state index contributed by atoms with van der Waals surface area (Å²) in [6, 6.07) is 6.35. The van der Waals surface area contributed by atoms with Crippen molar-refractivity contribution in [2.75, 3.05) is 18.0 Å². The second-order valence-corrected chi connectivity index (χ2v) is 4.49. The molecule has 0 bridgehead atoms. The van der Waals surface area contributed by atoms with Crippen molar-refractivity contribution in [3.63, 3.8) is 0 Å². The van der Waals surface area contributed by atoms with Crippen molar-refractivity contribution in [3.05, 3.63) is 30.1 Å². The van der Waals surface area contributed by atoms with Gasteiger partial charge in [-0.05, 0) is 31.9 Å². The first-order chi connectivity index (χ1) is 8.14. The summed E-state index contributed by atoms with van der Waals surface area (Å²) in [5.74, 6) is -0.414. The van der Waals surface area contributed by atoms with Crippen molar-refractivity contribution in [1.29, 1.82) is 0 Å². The number of benzene rings is 1. The maximum atomic E-state index is 13.7. The zero-order valence-electron chi connectivity index (χ0n) is 9.95. The molecule has 1 saturated carbocycles. The predicted molar refractivity (Wildman–Crippen MR) is 65.1 cm³/mol. The molecule has 1 amide bonds. The molecular weight excluding hydrogens is 219 g/mol. The Kier molecular flexibility index (Phi) is 3.15. The third kappa shape index (κ3) is 2.05. The molecule has 1 aliphatic carbocycles. The number of carbonyl (C=O) groups excluding carboxylic acids is 1. The molecule has 2 rings (SSSR count). The van der Waals surface area contributed by atoms with Crippen molar-refractivity contribution in [2.24, 2.45) is 11.1 Å². The first kappa shape index (κ1) is 12.0. The summed E-state index contributed by atoms with van der Waals surface area (Å²) in [6.07, 6.45) is 1.63. The van der Waals surface area contributed by atoms with E-state index in [0.29, 0.717) is 18.8 Å². The van der Waals surface area contributed by atoms with Crippen molar-refractivity contribution in [2.45, 2.75) is 19.8 Å². The Morgan fingerprint density at radius 2 is 2.12 bits per heavy atom. The molecule has 0 atom stereocenters. The quantitative estimate of drug-likeness (QED) is 0.868. The summed E-state index contributed by atoms with van der Waals surface area (Å²) < 4.78 is 13.7. The fourth-order valence-electron chi connectivity index (χ4n) is 2.04. The molecule has 1 aromatic rings. The number of anilines is 1. The van der Waals surface area contributed by atoms with E-state index in [9.17, 15) is 9.18 Å². The highest BCUT2D eigenvalue weighted by Crippen LogP contribution is 2.46. The van der Waals surface area contributed by atoms with Crippen LogP contribution in [0.3, 0.4) is 0 Å². The van der Waals surface area contributed by atoms with Gasteiger partial charge in [0.2, 0.25) is 5.91 Å². The van der Waals surface area contributed by atoms with E-state index in [1.165, 1.54) is 11.0 Å². The summed E-state index contributed by atoms with van der Waals surface area (Å²) in [6.45, 7) is 2.65. The second-order valence-electron chi connectivity index (χ2n) is 4.49. The van der Waals surface area contributed by atoms with Gasteiger partial charge in [0, 0.05) is 13.1 Å². The molecule has 1 aromatic carbocycles. The standard InChI is InChI=1S/C13H17FN2O/c1-2-16(11-6-4-3-5-10(11)14)12(17)13(9-15)7-8-13/h3-6H,2,7-9,15H2,1H3. The number of nitrogens with zero attached hydrogens (tertiary/aromatic N) is 1. The first-order valence-corrected chi connectivity index (χ1v) is 5.91. The Bertz CT molecular complexity index is 429. The lowest BCUT2D eigenvalue weighted by Gasteiger charge is -2.25. The van der Waals surface area contributed by atoms with Gasteiger partial charge in [-0.15, -0.1) is 0 Å². The number of hydrogen-bond acceptors (Lipinski definition) is 2. The van der Waals surface area contributed by atoms with Crippen LogP contribution in [0.1, 0.15) is 19.8 Å². The average molecular weight is 236 g/mol. The zero-order valence-corrected chi connectivity index (χ0v) is 9.95. The third-order valence-electron chi connectivity index (χ3n) is 3.40. The van der Waals surface area contributed by atoms with E-state index < -0.39 is 5.41 Å². The molecule has 0 saturated heterocycles. The summed E-state index contributed by atoms with van der Waals surface area (Å²) in [7, 11) is 0. The monoisotopic (exact) mass is 236 g/mol. The average Bonchev–Trinajstić information content (AvgIpc) is 3.13. The summed E-state index contributed by atoms with van der Waals surface area (Å²) in [4.78, 5) is 13.8. The molecule has 1 aliphatic rings. The zero-order chi connectivity index (χ0) is 12.5. The lowest BCUT2D eigenvalue weighted by atomic mass is 10.1. The molecule has 4 heteroatoms. The van der Waals surface area contributed by atoms with E-state index in [2.05, 4.69) is 0 Å². The Morgan fingerprint density at radius 1 is 1.47 bits per heavy atom. The SMILES string of the molecule is CCN(C(=O)C1(CN)CC1)c1ccccc1F. The minimum atomic E-state index is -0.432. The molecule has 2 N–H and O–H groups in total. The maximum Gasteiger partial charge on any atom is 0.234 e. The number of carbonyl (C=O) groups is 1. The van der Waals surface area contributed by atoms with Gasteiger partial charge in [0.25, 0.3) is 0 Å². The van der Waals surface area contributed by atoms with Gasteiger partial charge in [0.1, 0.15) is 5.82 Å². The van der Waals surface area contributed by atoms with Gasteiger partial charge in [-0.3, -0.25) is 4.79 Å². The Labute approximate surface area is 100 Å². The Balaban J connectivity index is 2.29. The van der Waals surface area contributed by atoms with E-state index in [-0.39, 0.29) is 11.7 Å². The van der Waals surface area contributed by atoms with Crippen molar-refractivity contribution >= 4 is 11.6 Å². The number of hydrogen-bond donors (Lipinski definition) is 1. The van der Waals surface area contributed by atoms with Gasteiger partial charge < -0.3 is 10.6 Å². The lowest BCUT2D eigenvalue weighted by Crippen LogP contribution is -2.41. The summed E-state index contributed by atoms with van der Waals surface area (Å²) in [5, 5.41) is 0. The molecule has 1 fully saturated rings. The van der Waals surface area contributed by atoms with Crippen LogP contribution in [-0.2, 0) is 4.79 Å².